The monoisotopic (exact) mass is 360 g/mol. The standard InChI is InChI=1S/C21H20N4O2/c1-3-11-27-21-19(24-17-9-4-5-10-18(17)25-21)16(13-22)20(26)23-15-8-6-7-14(2)12-15/h4-10,12,16H,3,11H2,1-2H3,(H,23,26). The number of nitrogens with one attached hydrogen (secondary N) is 1. The molecular formula is C21H20N4O2. The highest BCUT2D eigenvalue weighted by atomic mass is 16.5. The van der Waals surface area contributed by atoms with E-state index in [4.69, 9.17) is 4.74 Å². The van der Waals surface area contributed by atoms with Gasteiger partial charge in [0.1, 0.15) is 5.69 Å². The summed E-state index contributed by atoms with van der Waals surface area (Å²) in [5.41, 5.74) is 3.14. The molecule has 0 saturated heterocycles. The van der Waals surface area contributed by atoms with Crippen LogP contribution in [0.5, 0.6) is 5.88 Å². The fourth-order valence-corrected chi connectivity index (χ4v) is 2.67. The van der Waals surface area contributed by atoms with E-state index in [9.17, 15) is 10.1 Å². The first kappa shape index (κ1) is 18.3. The molecule has 2 aromatic carbocycles. The number of fused-ring (bicyclic) bond motifs is 1. The Kier molecular flexibility index (Phi) is 5.62. The van der Waals surface area contributed by atoms with Gasteiger partial charge in [0.25, 0.3) is 0 Å². The maximum absolute atomic E-state index is 12.8. The number of hydrogen-bond donors (Lipinski definition) is 1. The molecule has 1 unspecified atom stereocenters. The minimum Gasteiger partial charge on any atom is -0.476 e. The number of anilines is 1. The molecule has 1 amide bonds. The lowest BCUT2D eigenvalue weighted by molar-refractivity contribution is -0.116. The molecule has 0 aliphatic rings. The summed E-state index contributed by atoms with van der Waals surface area (Å²) in [5, 5.41) is 12.4. The highest BCUT2D eigenvalue weighted by molar-refractivity contribution is 5.98. The van der Waals surface area contributed by atoms with Crippen LogP contribution < -0.4 is 10.1 Å². The summed E-state index contributed by atoms with van der Waals surface area (Å²) < 4.78 is 5.69. The molecule has 1 aromatic heterocycles. The number of aryl methyl sites for hydroxylation is 1. The van der Waals surface area contributed by atoms with Gasteiger partial charge >= 0.3 is 0 Å². The predicted molar refractivity (Wildman–Crippen MR) is 103 cm³/mol. The number of nitriles is 1. The average Bonchev–Trinajstić information content (AvgIpc) is 2.66. The Labute approximate surface area is 157 Å². The maximum atomic E-state index is 12.8. The number of rotatable bonds is 6. The minimum absolute atomic E-state index is 0.224. The quantitative estimate of drug-likeness (QED) is 0.718. The Hall–Kier alpha value is -3.46. The number of nitrogens with zero attached hydrogens (tertiary/aromatic N) is 3. The van der Waals surface area contributed by atoms with Crippen LogP contribution in [0.4, 0.5) is 5.69 Å². The number of benzene rings is 2. The molecule has 6 nitrogen and oxygen atoms in total. The van der Waals surface area contributed by atoms with Crippen molar-refractivity contribution in [3.63, 3.8) is 0 Å². The summed E-state index contributed by atoms with van der Waals surface area (Å²) >= 11 is 0. The number of hydrogen-bond acceptors (Lipinski definition) is 5. The number of carbonyl (C=O) groups excluding carboxylic acids is 1. The molecule has 27 heavy (non-hydrogen) atoms. The highest BCUT2D eigenvalue weighted by Crippen LogP contribution is 2.27. The van der Waals surface area contributed by atoms with Gasteiger partial charge < -0.3 is 10.1 Å². The van der Waals surface area contributed by atoms with Crippen molar-refractivity contribution in [1.29, 1.82) is 5.26 Å². The van der Waals surface area contributed by atoms with E-state index in [1.807, 2.05) is 56.3 Å². The van der Waals surface area contributed by atoms with E-state index in [1.165, 1.54) is 0 Å². The second kappa shape index (κ2) is 8.28. The van der Waals surface area contributed by atoms with Gasteiger partial charge in [0.05, 0.1) is 23.7 Å². The van der Waals surface area contributed by atoms with E-state index < -0.39 is 11.8 Å². The molecule has 3 aromatic rings. The molecule has 0 aliphatic carbocycles. The first-order valence-corrected chi connectivity index (χ1v) is 8.79. The van der Waals surface area contributed by atoms with Gasteiger partial charge in [-0.2, -0.15) is 5.26 Å². The molecule has 1 heterocycles. The molecule has 6 heteroatoms. The summed E-state index contributed by atoms with van der Waals surface area (Å²) in [6.07, 6.45) is 0.778. The van der Waals surface area contributed by atoms with E-state index >= 15 is 0 Å². The van der Waals surface area contributed by atoms with Crippen molar-refractivity contribution >= 4 is 22.6 Å². The average molecular weight is 360 g/mol. The zero-order chi connectivity index (χ0) is 19.2. The Morgan fingerprint density at radius 2 is 1.93 bits per heavy atom. The van der Waals surface area contributed by atoms with E-state index in [0.29, 0.717) is 23.3 Å². The van der Waals surface area contributed by atoms with E-state index in [2.05, 4.69) is 15.3 Å². The van der Waals surface area contributed by atoms with Crippen LogP contribution in [0.2, 0.25) is 0 Å². The predicted octanol–water partition coefficient (Wildman–Crippen LogP) is 3.97. The molecule has 1 atom stereocenters. The van der Waals surface area contributed by atoms with Crippen molar-refractivity contribution in [2.45, 2.75) is 26.2 Å². The molecule has 1 N–H and O–H groups in total. The molecule has 0 bridgehead atoms. The zero-order valence-corrected chi connectivity index (χ0v) is 15.3. The van der Waals surface area contributed by atoms with Crippen molar-refractivity contribution in [3.05, 3.63) is 59.8 Å². The first-order chi connectivity index (χ1) is 13.1. The Morgan fingerprint density at radius 3 is 2.59 bits per heavy atom. The Balaban J connectivity index is 1.98. The number of para-hydroxylation sites is 2. The van der Waals surface area contributed by atoms with Crippen molar-refractivity contribution in [3.8, 4) is 11.9 Å². The molecule has 136 valence electrons. The summed E-state index contributed by atoms with van der Waals surface area (Å²) in [6.45, 7) is 4.33. The molecule has 0 saturated carbocycles. The van der Waals surface area contributed by atoms with E-state index in [-0.39, 0.29) is 11.6 Å². The fraction of sp³-hybridized carbons (Fsp3) is 0.238. The topological polar surface area (TPSA) is 87.9 Å². The number of ether oxygens (including phenoxy) is 1. The van der Waals surface area contributed by atoms with Crippen LogP contribution in [0.15, 0.2) is 48.5 Å². The second-order valence-corrected chi connectivity index (χ2v) is 6.17. The molecule has 0 spiro atoms. The third-order valence-corrected chi connectivity index (χ3v) is 3.96. The summed E-state index contributed by atoms with van der Waals surface area (Å²) in [5.74, 6) is -1.37. The molecule has 0 radical (unpaired) electrons. The van der Waals surface area contributed by atoms with Gasteiger partial charge in [0.2, 0.25) is 11.8 Å². The number of aromatic nitrogens is 2. The van der Waals surface area contributed by atoms with Gasteiger partial charge in [-0.15, -0.1) is 0 Å². The third kappa shape index (κ3) is 4.21. The first-order valence-electron chi connectivity index (χ1n) is 8.79. The van der Waals surface area contributed by atoms with Crippen LogP contribution in [0, 0.1) is 18.3 Å². The van der Waals surface area contributed by atoms with Gasteiger partial charge in [0.15, 0.2) is 5.92 Å². The largest absolute Gasteiger partial charge is 0.476 e. The number of amides is 1. The smallest absolute Gasteiger partial charge is 0.248 e. The maximum Gasteiger partial charge on any atom is 0.248 e. The van der Waals surface area contributed by atoms with Crippen LogP contribution >= 0.6 is 0 Å². The lowest BCUT2D eigenvalue weighted by Gasteiger charge is -2.15. The van der Waals surface area contributed by atoms with Gasteiger partial charge in [-0.05, 0) is 43.2 Å². The molecule has 0 aliphatic heterocycles. The normalized spacial score (nSPS) is 11.6. The summed E-state index contributed by atoms with van der Waals surface area (Å²) in [6, 6.07) is 16.7. The van der Waals surface area contributed by atoms with Crippen molar-refractivity contribution in [2.75, 3.05) is 11.9 Å². The lowest BCUT2D eigenvalue weighted by atomic mass is 10.1. The lowest BCUT2D eigenvalue weighted by Crippen LogP contribution is -2.22. The van der Waals surface area contributed by atoms with Gasteiger partial charge in [0, 0.05) is 5.69 Å². The molecule has 3 rings (SSSR count). The van der Waals surface area contributed by atoms with Gasteiger partial charge in [-0.1, -0.05) is 31.2 Å². The third-order valence-electron chi connectivity index (χ3n) is 3.96. The highest BCUT2D eigenvalue weighted by Gasteiger charge is 2.27. The second-order valence-electron chi connectivity index (χ2n) is 6.17. The van der Waals surface area contributed by atoms with Crippen LogP contribution in [0.1, 0.15) is 30.5 Å². The van der Waals surface area contributed by atoms with Crippen LogP contribution in [-0.2, 0) is 4.79 Å². The molecule has 0 fully saturated rings. The van der Waals surface area contributed by atoms with Gasteiger partial charge in [-0.25, -0.2) is 9.97 Å². The summed E-state index contributed by atoms with van der Waals surface area (Å²) in [7, 11) is 0. The van der Waals surface area contributed by atoms with E-state index in [0.717, 1.165) is 12.0 Å². The van der Waals surface area contributed by atoms with Crippen molar-refractivity contribution in [2.24, 2.45) is 0 Å². The number of carbonyl (C=O) groups is 1. The van der Waals surface area contributed by atoms with Gasteiger partial charge in [-0.3, -0.25) is 4.79 Å². The summed E-state index contributed by atoms with van der Waals surface area (Å²) in [4.78, 5) is 21.7. The Bertz CT molecular complexity index is 1010. The van der Waals surface area contributed by atoms with Crippen molar-refractivity contribution in [1.82, 2.24) is 9.97 Å². The molecular weight excluding hydrogens is 340 g/mol. The van der Waals surface area contributed by atoms with Crippen molar-refractivity contribution < 1.29 is 9.53 Å². The van der Waals surface area contributed by atoms with Crippen LogP contribution in [0.3, 0.4) is 0 Å². The fourth-order valence-electron chi connectivity index (χ4n) is 2.67. The Morgan fingerprint density at radius 1 is 1.19 bits per heavy atom. The zero-order valence-electron chi connectivity index (χ0n) is 15.3. The van der Waals surface area contributed by atoms with E-state index in [1.54, 1.807) is 12.1 Å². The van der Waals surface area contributed by atoms with Crippen LogP contribution in [0.25, 0.3) is 11.0 Å². The van der Waals surface area contributed by atoms with Crippen LogP contribution in [-0.4, -0.2) is 22.5 Å². The SMILES string of the molecule is CCCOc1nc2ccccc2nc1C(C#N)C(=O)Nc1cccc(C)c1. The minimum atomic E-state index is -1.13.